The monoisotopic (exact) mass is 352 g/mol. The number of hydrogen-bond acceptors (Lipinski definition) is 2. The lowest BCUT2D eigenvalue weighted by Gasteiger charge is -2.49. The van der Waals surface area contributed by atoms with Crippen molar-refractivity contribution in [3.63, 3.8) is 0 Å². The summed E-state index contributed by atoms with van der Waals surface area (Å²) in [6.07, 6.45) is 6.97. The van der Waals surface area contributed by atoms with Crippen LogP contribution in [0.5, 0.6) is 0 Å². The molecule has 1 rings (SSSR count). The minimum Gasteiger partial charge on any atom is -0.413 e. The summed E-state index contributed by atoms with van der Waals surface area (Å²) in [7, 11) is -1.79. The van der Waals surface area contributed by atoms with Crippen LogP contribution in [0.2, 0.25) is 18.1 Å². The van der Waals surface area contributed by atoms with Crippen LogP contribution in [-0.4, -0.2) is 25.1 Å². The van der Waals surface area contributed by atoms with E-state index in [4.69, 9.17) is 4.43 Å². The van der Waals surface area contributed by atoms with Gasteiger partial charge in [-0.2, -0.15) is 0 Å². The molecule has 0 heterocycles. The standard InChI is InChI=1S/C21H40O2Si/c1-11-21(8,22)15-14-17-16(2)12-13-18(20(17,6)7)23-24(9,10)19(3,4)5/h11-12,17-18,22H,1,13-15H2,2-10H3/t17-,18+,21?/m1/s1. The third-order valence-corrected chi connectivity index (χ3v) is 11.0. The molecule has 3 heteroatoms. The Morgan fingerprint density at radius 1 is 1.33 bits per heavy atom. The highest BCUT2D eigenvalue weighted by atomic mass is 28.4. The van der Waals surface area contributed by atoms with Crippen molar-refractivity contribution in [1.29, 1.82) is 0 Å². The van der Waals surface area contributed by atoms with E-state index in [1.165, 1.54) is 5.57 Å². The Morgan fingerprint density at radius 3 is 2.33 bits per heavy atom. The van der Waals surface area contributed by atoms with Crippen molar-refractivity contribution in [1.82, 2.24) is 0 Å². The summed E-state index contributed by atoms with van der Waals surface area (Å²) < 4.78 is 6.81. The van der Waals surface area contributed by atoms with Crippen LogP contribution in [0.1, 0.15) is 67.7 Å². The van der Waals surface area contributed by atoms with E-state index < -0.39 is 13.9 Å². The molecular weight excluding hydrogens is 312 g/mol. The molecule has 0 amide bonds. The molecule has 1 aliphatic rings. The maximum absolute atomic E-state index is 10.3. The highest BCUT2D eigenvalue weighted by Gasteiger charge is 2.46. The van der Waals surface area contributed by atoms with Gasteiger partial charge < -0.3 is 9.53 Å². The zero-order valence-corrected chi connectivity index (χ0v) is 18.5. The zero-order chi connectivity index (χ0) is 19.0. The lowest BCUT2D eigenvalue weighted by atomic mass is 9.65. The van der Waals surface area contributed by atoms with Gasteiger partial charge in [0.2, 0.25) is 0 Å². The number of aliphatic hydroxyl groups is 1. The van der Waals surface area contributed by atoms with Gasteiger partial charge in [0.05, 0.1) is 11.7 Å². The van der Waals surface area contributed by atoms with Crippen molar-refractivity contribution in [2.75, 3.05) is 0 Å². The summed E-state index contributed by atoms with van der Waals surface area (Å²) in [4.78, 5) is 0. The molecule has 0 spiro atoms. The van der Waals surface area contributed by atoms with E-state index in [0.29, 0.717) is 5.92 Å². The second-order valence-electron chi connectivity index (χ2n) is 10.0. The average Bonchev–Trinajstić information content (AvgIpc) is 2.40. The van der Waals surface area contributed by atoms with E-state index in [2.05, 4.69) is 67.3 Å². The molecule has 140 valence electrons. The van der Waals surface area contributed by atoms with Gasteiger partial charge in [-0.1, -0.05) is 52.3 Å². The molecule has 0 aromatic heterocycles. The van der Waals surface area contributed by atoms with Crippen LogP contribution in [0.3, 0.4) is 0 Å². The first-order chi connectivity index (χ1) is 10.6. The van der Waals surface area contributed by atoms with Crippen LogP contribution in [-0.2, 0) is 4.43 Å². The lowest BCUT2D eigenvalue weighted by Crippen LogP contribution is -2.51. The predicted molar refractivity (Wildman–Crippen MR) is 108 cm³/mol. The average molecular weight is 353 g/mol. The van der Waals surface area contributed by atoms with Crippen molar-refractivity contribution < 1.29 is 9.53 Å². The second-order valence-corrected chi connectivity index (χ2v) is 14.8. The van der Waals surface area contributed by atoms with Crippen LogP contribution in [0, 0.1) is 11.3 Å². The molecule has 0 fully saturated rings. The first kappa shape index (κ1) is 21.7. The second kappa shape index (κ2) is 7.09. The number of hydrogen-bond donors (Lipinski definition) is 1. The van der Waals surface area contributed by atoms with E-state index >= 15 is 0 Å². The first-order valence-corrected chi connectivity index (χ1v) is 12.3. The number of allylic oxidation sites excluding steroid dienone is 1. The molecule has 24 heavy (non-hydrogen) atoms. The Labute approximate surface area is 151 Å². The highest BCUT2D eigenvalue weighted by molar-refractivity contribution is 6.74. The van der Waals surface area contributed by atoms with Gasteiger partial charge >= 0.3 is 0 Å². The quantitative estimate of drug-likeness (QED) is 0.463. The fourth-order valence-corrected chi connectivity index (χ4v) is 4.89. The Hall–Kier alpha value is -0.383. The molecule has 0 bridgehead atoms. The minimum absolute atomic E-state index is 0.0750. The topological polar surface area (TPSA) is 29.5 Å². The summed E-state index contributed by atoms with van der Waals surface area (Å²) in [6, 6.07) is 0. The zero-order valence-electron chi connectivity index (χ0n) is 17.5. The molecule has 0 aromatic rings. The molecule has 0 radical (unpaired) electrons. The molecule has 0 saturated heterocycles. The lowest BCUT2D eigenvalue weighted by molar-refractivity contribution is 0.00789. The Bertz CT molecular complexity index is 481. The maximum Gasteiger partial charge on any atom is 0.192 e. The van der Waals surface area contributed by atoms with Crippen LogP contribution >= 0.6 is 0 Å². The van der Waals surface area contributed by atoms with Crippen LogP contribution in [0.4, 0.5) is 0 Å². The fourth-order valence-electron chi connectivity index (χ4n) is 3.42. The Morgan fingerprint density at radius 2 is 1.88 bits per heavy atom. The van der Waals surface area contributed by atoms with Crippen molar-refractivity contribution in [3.05, 3.63) is 24.3 Å². The van der Waals surface area contributed by atoms with Gasteiger partial charge in [0, 0.05) is 0 Å². The molecule has 0 saturated carbocycles. The third-order valence-electron chi connectivity index (χ3n) is 6.55. The van der Waals surface area contributed by atoms with Gasteiger partial charge in [0.15, 0.2) is 8.32 Å². The van der Waals surface area contributed by atoms with Gasteiger partial charge in [-0.25, -0.2) is 0 Å². The first-order valence-electron chi connectivity index (χ1n) is 9.34. The van der Waals surface area contributed by atoms with Crippen molar-refractivity contribution in [3.8, 4) is 0 Å². The van der Waals surface area contributed by atoms with E-state index in [1.807, 2.05) is 6.92 Å². The summed E-state index contributed by atoms with van der Waals surface area (Å²) in [6.45, 7) is 24.1. The Kier molecular flexibility index (Phi) is 6.40. The van der Waals surface area contributed by atoms with Gasteiger partial charge in [0.25, 0.3) is 0 Å². The van der Waals surface area contributed by atoms with Crippen LogP contribution in [0.25, 0.3) is 0 Å². The number of rotatable bonds is 6. The molecule has 0 aromatic carbocycles. The molecule has 1 N–H and O–H groups in total. The van der Waals surface area contributed by atoms with Gasteiger partial charge in [0.1, 0.15) is 0 Å². The third kappa shape index (κ3) is 4.83. The molecule has 1 unspecified atom stereocenters. The summed E-state index contributed by atoms with van der Waals surface area (Å²) in [5, 5.41) is 10.5. The van der Waals surface area contributed by atoms with Gasteiger partial charge in [-0.15, -0.1) is 6.58 Å². The van der Waals surface area contributed by atoms with E-state index in [9.17, 15) is 5.11 Å². The summed E-state index contributed by atoms with van der Waals surface area (Å²) in [5.74, 6) is 0.437. The van der Waals surface area contributed by atoms with Gasteiger partial charge in [-0.3, -0.25) is 0 Å². The van der Waals surface area contributed by atoms with E-state index in [1.54, 1.807) is 6.08 Å². The normalized spacial score (nSPS) is 27.3. The van der Waals surface area contributed by atoms with Crippen molar-refractivity contribution in [2.24, 2.45) is 11.3 Å². The summed E-state index contributed by atoms with van der Waals surface area (Å²) in [5.41, 5.74) is 0.727. The highest BCUT2D eigenvalue weighted by Crippen LogP contribution is 2.48. The smallest absolute Gasteiger partial charge is 0.192 e. The van der Waals surface area contributed by atoms with Crippen LogP contribution < -0.4 is 0 Å². The molecule has 0 aliphatic heterocycles. The molecular formula is C21H40O2Si. The molecule has 2 nitrogen and oxygen atoms in total. The Balaban J connectivity index is 2.98. The van der Waals surface area contributed by atoms with Crippen LogP contribution in [0.15, 0.2) is 24.3 Å². The maximum atomic E-state index is 10.3. The fraction of sp³-hybridized carbons (Fsp3) is 0.810. The molecule has 3 atom stereocenters. The van der Waals surface area contributed by atoms with Crippen molar-refractivity contribution >= 4 is 8.32 Å². The van der Waals surface area contributed by atoms with Crippen molar-refractivity contribution in [2.45, 2.75) is 97.6 Å². The van der Waals surface area contributed by atoms with E-state index in [0.717, 1.165) is 19.3 Å². The van der Waals surface area contributed by atoms with Gasteiger partial charge in [-0.05, 0) is 62.6 Å². The largest absolute Gasteiger partial charge is 0.413 e. The summed E-state index contributed by atoms with van der Waals surface area (Å²) >= 11 is 0. The predicted octanol–water partition coefficient (Wildman–Crippen LogP) is 6.09. The SMILES string of the molecule is C=CC(C)(O)CC[C@@H]1C(C)=CC[C@H](O[Si](C)(C)C(C)(C)C)C1(C)C. The molecule has 1 aliphatic carbocycles. The minimum atomic E-state index is -1.79. The van der Waals surface area contributed by atoms with E-state index in [-0.39, 0.29) is 16.6 Å².